The Morgan fingerprint density at radius 2 is 2.26 bits per heavy atom. The minimum atomic E-state index is 0.0878. The van der Waals surface area contributed by atoms with Gasteiger partial charge in [-0.3, -0.25) is 4.68 Å². The van der Waals surface area contributed by atoms with Crippen LogP contribution in [0.4, 0.5) is 0 Å². The summed E-state index contributed by atoms with van der Waals surface area (Å²) in [4.78, 5) is 0. The van der Waals surface area contributed by atoms with Gasteiger partial charge in [-0.15, -0.1) is 0 Å². The molecule has 0 saturated heterocycles. The summed E-state index contributed by atoms with van der Waals surface area (Å²) in [6, 6.07) is 6.07. The minimum Gasteiger partial charge on any atom is -0.497 e. The number of rotatable bonds is 5. The zero-order chi connectivity index (χ0) is 13.8. The molecule has 19 heavy (non-hydrogen) atoms. The van der Waals surface area contributed by atoms with Crippen molar-refractivity contribution in [3.63, 3.8) is 0 Å². The van der Waals surface area contributed by atoms with Crippen LogP contribution < -0.4 is 10.1 Å². The van der Waals surface area contributed by atoms with Crippen LogP contribution in [0.15, 0.2) is 35.1 Å². The highest BCUT2D eigenvalue weighted by molar-refractivity contribution is 9.10. The van der Waals surface area contributed by atoms with E-state index in [1.54, 1.807) is 7.11 Å². The van der Waals surface area contributed by atoms with E-state index in [2.05, 4.69) is 39.5 Å². The Balaban J connectivity index is 2.41. The first kappa shape index (κ1) is 14.1. The van der Waals surface area contributed by atoms with Crippen molar-refractivity contribution in [3.8, 4) is 5.75 Å². The van der Waals surface area contributed by atoms with Crippen molar-refractivity contribution in [1.82, 2.24) is 15.1 Å². The smallest absolute Gasteiger partial charge is 0.119 e. The average Bonchev–Trinajstić information content (AvgIpc) is 2.90. The quantitative estimate of drug-likeness (QED) is 0.919. The van der Waals surface area contributed by atoms with Gasteiger partial charge in [0.05, 0.1) is 19.3 Å². The fourth-order valence-electron chi connectivity index (χ4n) is 2.07. The molecule has 1 aromatic carbocycles. The van der Waals surface area contributed by atoms with Crippen LogP contribution in [0.1, 0.15) is 24.1 Å². The molecule has 1 heterocycles. The zero-order valence-electron chi connectivity index (χ0n) is 11.4. The molecule has 102 valence electrons. The second-order valence-electron chi connectivity index (χ2n) is 4.24. The molecule has 1 aromatic heterocycles. The monoisotopic (exact) mass is 323 g/mol. The first-order chi connectivity index (χ1) is 9.19. The zero-order valence-corrected chi connectivity index (χ0v) is 12.9. The van der Waals surface area contributed by atoms with Gasteiger partial charge in [0.2, 0.25) is 0 Å². The Bertz CT molecular complexity index is 553. The maximum atomic E-state index is 5.30. The van der Waals surface area contributed by atoms with E-state index in [0.29, 0.717) is 0 Å². The Labute approximate surface area is 121 Å². The van der Waals surface area contributed by atoms with Crippen LogP contribution in [0.2, 0.25) is 0 Å². The molecule has 4 nitrogen and oxygen atoms in total. The van der Waals surface area contributed by atoms with Crippen LogP contribution in [-0.4, -0.2) is 23.9 Å². The highest BCUT2D eigenvalue weighted by atomic mass is 79.9. The normalized spacial score (nSPS) is 12.4. The summed E-state index contributed by atoms with van der Waals surface area (Å²) in [6.07, 6.45) is 3.96. The van der Waals surface area contributed by atoms with Crippen LogP contribution in [0.3, 0.4) is 0 Å². The molecule has 1 unspecified atom stereocenters. The van der Waals surface area contributed by atoms with Crippen LogP contribution in [-0.2, 0) is 6.54 Å². The molecule has 0 amide bonds. The summed E-state index contributed by atoms with van der Waals surface area (Å²) in [5.74, 6) is 0.848. The van der Waals surface area contributed by atoms with Gasteiger partial charge in [-0.2, -0.15) is 5.10 Å². The minimum absolute atomic E-state index is 0.0878. The standard InChI is InChI=1S/C14H18BrN3O/c1-4-18-9-10(8-17-18)14(16-2)12-7-11(19-3)5-6-13(12)15/h5-9,14,16H,4H2,1-3H3. The van der Waals surface area contributed by atoms with Crippen LogP contribution in [0.5, 0.6) is 5.75 Å². The van der Waals surface area contributed by atoms with E-state index in [0.717, 1.165) is 27.9 Å². The van der Waals surface area contributed by atoms with E-state index in [4.69, 9.17) is 4.74 Å². The molecule has 0 aliphatic rings. The highest BCUT2D eigenvalue weighted by Crippen LogP contribution is 2.31. The maximum absolute atomic E-state index is 5.30. The summed E-state index contributed by atoms with van der Waals surface area (Å²) >= 11 is 3.60. The molecule has 5 heteroatoms. The largest absolute Gasteiger partial charge is 0.497 e. The number of hydrogen-bond acceptors (Lipinski definition) is 3. The molecule has 0 aliphatic heterocycles. The van der Waals surface area contributed by atoms with Crippen LogP contribution in [0, 0.1) is 0 Å². The third kappa shape index (κ3) is 2.98. The van der Waals surface area contributed by atoms with E-state index in [9.17, 15) is 0 Å². The third-order valence-electron chi connectivity index (χ3n) is 3.11. The molecule has 0 bridgehead atoms. The topological polar surface area (TPSA) is 39.1 Å². The number of aryl methyl sites for hydroxylation is 1. The van der Waals surface area contributed by atoms with Crippen molar-refractivity contribution >= 4 is 15.9 Å². The lowest BCUT2D eigenvalue weighted by atomic mass is 10.0. The van der Waals surface area contributed by atoms with Crippen molar-refractivity contribution in [2.24, 2.45) is 0 Å². The molecular formula is C14H18BrN3O. The van der Waals surface area contributed by atoms with Crippen molar-refractivity contribution in [3.05, 3.63) is 46.2 Å². The predicted octanol–water partition coefficient (Wildman–Crippen LogP) is 2.98. The fourth-order valence-corrected chi connectivity index (χ4v) is 2.55. The molecule has 0 aliphatic carbocycles. The molecule has 2 rings (SSSR count). The first-order valence-corrected chi connectivity index (χ1v) is 7.02. The Morgan fingerprint density at radius 1 is 1.47 bits per heavy atom. The second kappa shape index (κ2) is 6.21. The molecule has 1 atom stereocenters. The fraction of sp³-hybridized carbons (Fsp3) is 0.357. The van der Waals surface area contributed by atoms with Gasteiger partial charge in [0.15, 0.2) is 0 Å². The van der Waals surface area contributed by atoms with E-state index in [1.165, 1.54) is 0 Å². The van der Waals surface area contributed by atoms with Gasteiger partial charge in [-0.25, -0.2) is 0 Å². The number of methoxy groups -OCH3 is 1. The average molecular weight is 324 g/mol. The van der Waals surface area contributed by atoms with Crippen molar-refractivity contribution in [2.45, 2.75) is 19.5 Å². The van der Waals surface area contributed by atoms with Gasteiger partial charge in [0.1, 0.15) is 5.75 Å². The van der Waals surface area contributed by atoms with Gasteiger partial charge in [0.25, 0.3) is 0 Å². The van der Waals surface area contributed by atoms with Gasteiger partial charge in [0, 0.05) is 22.8 Å². The molecule has 0 radical (unpaired) electrons. The SMILES string of the molecule is CCn1cc(C(NC)c2cc(OC)ccc2Br)cn1. The van der Waals surface area contributed by atoms with Crippen LogP contribution in [0.25, 0.3) is 0 Å². The second-order valence-corrected chi connectivity index (χ2v) is 5.09. The first-order valence-electron chi connectivity index (χ1n) is 6.22. The molecule has 2 aromatic rings. The number of halogens is 1. The molecule has 0 saturated carbocycles. The lowest BCUT2D eigenvalue weighted by Crippen LogP contribution is -2.17. The van der Waals surface area contributed by atoms with Gasteiger partial charge in [-0.1, -0.05) is 15.9 Å². The van der Waals surface area contributed by atoms with E-state index >= 15 is 0 Å². The summed E-state index contributed by atoms with van der Waals surface area (Å²) in [6.45, 7) is 2.95. The summed E-state index contributed by atoms with van der Waals surface area (Å²) < 4.78 is 8.27. The maximum Gasteiger partial charge on any atom is 0.119 e. The van der Waals surface area contributed by atoms with Gasteiger partial charge < -0.3 is 10.1 Å². The predicted molar refractivity (Wildman–Crippen MR) is 79.5 cm³/mol. The van der Waals surface area contributed by atoms with E-state index < -0.39 is 0 Å². The molecule has 0 fully saturated rings. The molecule has 0 spiro atoms. The van der Waals surface area contributed by atoms with Crippen molar-refractivity contribution in [2.75, 3.05) is 14.2 Å². The van der Waals surface area contributed by atoms with Crippen molar-refractivity contribution < 1.29 is 4.74 Å². The number of ether oxygens (including phenoxy) is 1. The van der Waals surface area contributed by atoms with Crippen LogP contribution >= 0.6 is 15.9 Å². The lowest BCUT2D eigenvalue weighted by Gasteiger charge is -2.17. The van der Waals surface area contributed by atoms with Gasteiger partial charge >= 0.3 is 0 Å². The molecule has 1 N–H and O–H groups in total. The Hall–Kier alpha value is -1.33. The third-order valence-corrected chi connectivity index (χ3v) is 3.84. The summed E-state index contributed by atoms with van der Waals surface area (Å²) in [5.41, 5.74) is 2.27. The number of benzene rings is 1. The van der Waals surface area contributed by atoms with E-state index in [-0.39, 0.29) is 6.04 Å². The van der Waals surface area contributed by atoms with Gasteiger partial charge in [-0.05, 0) is 37.7 Å². The highest BCUT2D eigenvalue weighted by Gasteiger charge is 2.17. The molecular weight excluding hydrogens is 306 g/mol. The number of aromatic nitrogens is 2. The Morgan fingerprint density at radius 3 is 2.84 bits per heavy atom. The van der Waals surface area contributed by atoms with E-state index in [1.807, 2.05) is 36.1 Å². The number of nitrogens with one attached hydrogen (secondary N) is 1. The number of hydrogen-bond donors (Lipinski definition) is 1. The summed E-state index contributed by atoms with van der Waals surface area (Å²) in [5, 5.41) is 7.66. The Kier molecular flexibility index (Phi) is 4.61. The number of nitrogens with zero attached hydrogens (tertiary/aromatic N) is 2. The lowest BCUT2D eigenvalue weighted by molar-refractivity contribution is 0.413. The van der Waals surface area contributed by atoms with Crippen molar-refractivity contribution in [1.29, 1.82) is 0 Å². The summed E-state index contributed by atoms with van der Waals surface area (Å²) in [7, 11) is 3.62.